The molecule has 0 aromatic carbocycles. The summed E-state index contributed by atoms with van der Waals surface area (Å²) in [4.78, 5) is 32.0. The number of nitrogens with zero attached hydrogens (tertiary/aromatic N) is 4. The number of carbonyl (C=O) groups is 2. The molecule has 13 heteroatoms. The zero-order valence-corrected chi connectivity index (χ0v) is 15.8. The summed E-state index contributed by atoms with van der Waals surface area (Å²) in [6.07, 6.45) is -4.31. The molecule has 30 heavy (non-hydrogen) atoms. The minimum Gasteiger partial charge on any atom is -0.446 e. The van der Waals surface area contributed by atoms with E-state index >= 15 is 0 Å². The number of nitrogens with one attached hydrogen (secondary N) is 1. The molecular formula is C17H19F3N6O4. The number of piperidine rings is 1. The van der Waals surface area contributed by atoms with Gasteiger partial charge in [-0.3, -0.25) is 4.79 Å². The third-order valence-corrected chi connectivity index (χ3v) is 4.60. The fraction of sp³-hybridized carbons (Fsp3) is 0.471. The molecule has 0 aliphatic carbocycles. The monoisotopic (exact) mass is 428 g/mol. The van der Waals surface area contributed by atoms with E-state index in [1.165, 1.54) is 13.1 Å². The summed E-state index contributed by atoms with van der Waals surface area (Å²) in [7, 11) is 1.44. The molecule has 1 saturated heterocycles. The molecule has 0 spiro atoms. The van der Waals surface area contributed by atoms with E-state index in [0.29, 0.717) is 12.2 Å². The van der Waals surface area contributed by atoms with E-state index in [0.717, 1.165) is 12.3 Å². The fourth-order valence-corrected chi connectivity index (χ4v) is 3.26. The molecule has 1 aliphatic heterocycles. The number of anilines is 1. The highest BCUT2D eigenvalue weighted by Gasteiger charge is 2.36. The van der Waals surface area contributed by atoms with Crippen LogP contribution in [0, 0.1) is 0 Å². The van der Waals surface area contributed by atoms with Crippen LogP contribution in [0.3, 0.4) is 0 Å². The largest absolute Gasteiger partial charge is 0.446 e. The number of aromatic nitrogens is 3. The van der Waals surface area contributed by atoms with Crippen LogP contribution in [0.25, 0.3) is 0 Å². The Labute approximate surface area is 168 Å². The van der Waals surface area contributed by atoms with Crippen molar-refractivity contribution in [3.05, 3.63) is 35.5 Å². The van der Waals surface area contributed by atoms with Crippen molar-refractivity contribution < 1.29 is 32.0 Å². The smallest absolute Gasteiger partial charge is 0.433 e. The molecular weight excluding hydrogens is 409 g/mol. The number of rotatable bonds is 5. The number of carbonyl (C=O) groups excluding carboxylic acids is 2. The number of halogens is 3. The maximum absolute atomic E-state index is 13.1. The van der Waals surface area contributed by atoms with Gasteiger partial charge in [-0.1, -0.05) is 5.16 Å². The average molecular weight is 428 g/mol. The quantitative estimate of drug-likeness (QED) is 0.732. The zero-order valence-electron chi connectivity index (χ0n) is 15.8. The summed E-state index contributed by atoms with van der Waals surface area (Å²) >= 11 is 0. The highest BCUT2D eigenvalue weighted by atomic mass is 19.4. The van der Waals surface area contributed by atoms with Crippen LogP contribution in [0.5, 0.6) is 0 Å². The van der Waals surface area contributed by atoms with Crippen molar-refractivity contribution in [2.24, 2.45) is 5.73 Å². The van der Waals surface area contributed by atoms with E-state index in [1.807, 2.05) is 0 Å². The average Bonchev–Trinajstić information content (AvgIpc) is 3.15. The second-order valence-corrected chi connectivity index (χ2v) is 6.63. The number of alkyl halides is 3. The van der Waals surface area contributed by atoms with E-state index < -0.39 is 36.0 Å². The van der Waals surface area contributed by atoms with E-state index in [4.69, 9.17) is 15.0 Å². The van der Waals surface area contributed by atoms with Gasteiger partial charge in [0.2, 0.25) is 5.95 Å². The van der Waals surface area contributed by atoms with Crippen LogP contribution in [-0.2, 0) is 17.3 Å². The van der Waals surface area contributed by atoms with Gasteiger partial charge in [-0.15, -0.1) is 0 Å². The zero-order chi connectivity index (χ0) is 21.9. The van der Waals surface area contributed by atoms with Gasteiger partial charge in [-0.05, 0) is 6.07 Å². The number of amides is 2. The molecule has 2 aromatic heterocycles. The van der Waals surface area contributed by atoms with Gasteiger partial charge in [0.25, 0.3) is 5.91 Å². The molecule has 3 N–H and O–H groups in total. The Balaban J connectivity index is 1.86. The van der Waals surface area contributed by atoms with Crippen LogP contribution >= 0.6 is 0 Å². The van der Waals surface area contributed by atoms with Crippen LogP contribution in [0.15, 0.2) is 22.9 Å². The van der Waals surface area contributed by atoms with Gasteiger partial charge < -0.3 is 25.2 Å². The number of ether oxygens (including phenoxy) is 1. The second kappa shape index (κ2) is 8.55. The predicted octanol–water partition coefficient (Wildman–Crippen LogP) is 1.52. The van der Waals surface area contributed by atoms with E-state index in [2.05, 4.69) is 20.4 Å². The van der Waals surface area contributed by atoms with Crippen molar-refractivity contribution in [1.82, 2.24) is 20.4 Å². The van der Waals surface area contributed by atoms with E-state index in [9.17, 15) is 22.8 Å². The Kier molecular flexibility index (Phi) is 6.08. The van der Waals surface area contributed by atoms with E-state index in [-0.39, 0.29) is 31.0 Å². The van der Waals surface area contributed by atoms with Gasteiger partial charge in [0.1, 0.15) is 17.6 Å². The highest BCUT2D eigenvalue weighted by molar-refractivity contribution is 5.91. The van der Waals surface area contributed by atoms with Crippen molar-refractivity contribution in [3.8, 4) is 0 Å². The normalized spacial score (nSPS) is 19.4. The van der Waals surface area contributed by atoms with Gasteiger partial charge in [0.05, 0.1) is 0 Å². The summed E-state index contributed by atoms with van der Waals surface area (Å²) in [6.45, 7) is 0.223. The molecule has 2 amide bonds. The third-order valence-electron chi connectivity index (χ3n) is 4.60. The third kappa shape index (κ3) is 4.96. The lowest BCUT2D eigenvalue weighted by atomic mass is 9.96. The van der Waals surface area contributed by atoms with Crippen molar-refractivity contribution >= 4 is 17.9 Å². The second-order valence-electron chi connectivity index (χ2n) is 6.63. The molecule has 0 saturated carbocycles. The molecule has 2 unspecified atom stereocenters. The topological polar surface area (TPSA) is 136 Å². The molecule has 3 rings (SSSR count). The number of primary amides is 1. The Morgan fingerprint density at radius 2 is 2.20 bits per heavy atom. The Morgan fingerprint density at radius 3 is 2.87 bits per heavy atom. The lowest BCUT2D eigenvalue weighted by Crippen LogP contribution is -2.48. The van der Waals surface area contributed by atoms with Crippen molar-refractivity contribution in [3.63, 3.8) is 0 Å². The number of hydrogen-bond acceptors (Lipinski definition) is 8. The molecule has 0 radical (unpaired) electrons. The SMILES string of the molecule is CNC(=O)c1cc(CC2CC(OC(N)=O)CCN2c2nccc(C(F)(F)F)n2)on1. The summed E-state index contributed by atoms with van der Waals surface area (Å²) in [5.41, 5.74) is 4.09. The van der Waals surface area contributed by atoms with Crippen LogP contribution in [0.1, 0.15) is 34.8 Å². The first-order valence-corrected chi connectivity index (χ1v) is 8.98. The van der Waals surface area contributed by atoms with Crippen molar-refractivity contribution in [1.29, 1.82) is 0 Å². The summed E-state index contributed by atoms with van der Waals surface area (Å²) in [5.74, 6) is -0.227. The lowest BCUT2D eigenvalue weighted by Gasteiger charge is -2.38. The van der Waals surface area contributed by atoms with Gasteiger partial charge in [-0.2, -0.15) is 13.2 Å². The van der Waals surface area contributed by atoms with E-state index in [1.54, 1.807) is 4.90 Å². The van der Waals surface area contributed by atoms with Crippen LogP contribution in [0.2, 0.25) is 0 Å². The predicted molar refractivity (Wildman–Crippen MR) is 95.5 cm³/mol. The van der Waals surface area contributed by atoms with Crippen molar-refractivity contribution in [2.45, 2.75) is 37.6 Å². The molecule has 162 valence electrons. The van der Waals surface area contributed by atoms with Crippen LogP contribution in [0.4, 0.5) is 23.9 Å². The van der Waals surface area contributed by atoms with Gasteiger partial charge >= 0.3 is 12.3 Å². The molecule has 1 fully saturated rings. The van der Waals surface area contributed by atoms with Crippen LogP contribution in [-0.4, -0.2) is 52.9 Å². The van der Waals surface area contributed by atoms with Gasteiger partial charge in [0, 0.05) is 51.2 Å². The number of nitrogens with two attached hydrogens (primary N) is 1. The maximum atomic E-state index is 13.1. The first kappa shape index (κ1) is 21.3. The Hall–Kier alpha value is -3.38. The van der Waals surface area contributed by atoms with Gasteiger partial charge in [0.15, 0.2) is 5.69 Å². The minimum absolute atomic E-state index is 0.0649. The highest BCUT2D eigenvalue weighted by Crippen LogP contribution is 2.31. The molecule has 1 aliphatic rings. The Morgan fingerprint density at radius 1 is 1.43 bits per heavy atom. The lowest BCUT2D eigenvalue weighted by molar-refractivity contribution is -0.141. The molecule has 2 atom stereocenters. The standard InChI is InChI=1S/C17H19F3N6O4/c1-22-14(27)12-8-11(30-25-12)7-9-6-10(29-15(21)28)3-5-26(9)16-23-4-2-13(24-16)17(18,19)20/h2,4,8-10H,3,5-7H2,1H3,(H2,21,28)(H,22,27). The van der Waals surface area contributed by atoms with Crippen LogP contribution < -0.4 is 16.0 Å². The molecule has 3 heterocycles. The summed E-state index contributed by atoms with van der Waals surface area (Å²) < 4.78 is 49.4. The molecule has 2 aromatic rings. The fourth-order valence-electron chi connectivity index (χ4n) is 3.26. The summed E-state index contributed by atoms with van der Waals surface area (Å²) in [6, 6.07) is 1.73. The van der Waals surface area contributed by atoms with Crippen molar-refractivity contribution in [2.75, 3.05) is 18.5 Å². The minimum atomic E-state index is -4.62. The summed E-state index contributed by atoms with van der Waals surface area (Å²) in [5, 5.41) is 6.09. The number of hydrogen-bond donors (Lipinski definition) is 2. The Bertz CT molecular complexity index is 919. The first-order chi connectivity index (χ1) is 14.2. The molecule has 10 nitrogen and oxygen atoms in total. The van der Waals surface area contributed by atoms with Gasteiger partial charge in [-0.25, -0.2) is 14.8 Å². The maximum Gasteiger partial charge on any atom is 0.433 e. The molecule has 0 bridgehead atoms. The first-order valence-electron chi connectivity index (χ1n) is 8.98.